The normalized spacial score (nSPS) is 10.0. The van der Waals surface area contributed by atoms with Crippen LogP contribution in [0.4, 0.5) is 16.2 Å². The zero-order valence-corrected chi connectivity index (χ0v) is 17.0. The number of nitrogens with zero attached hydrogens (tertiary/aromatic N) is 1. The second-order valence-corrected chi connectivity index (χ2v) is 6.30. The molecule has 2 aromatic carbocycles. The van der Waals surface area contributed by atoms with Gasteiger partial charge >= 0.3 is 6.03 Å². The van der Waals surface area contributed by atoms with E-state index in [4.69, 9.17) is 11.6 Å². The van der Waals surface area contributed by atoms with Crippen LogP contribution < -0.4 is 27.9 Å². The van der Waals surface area contributed by atoms with Crippen molar-refractivity contribution in [1.29, 1.82) is 0 Å². The molecule has 0 aromatic heterocycles. The third-order valence-corrected chi connectivity index (χ3v) is 4.59. The minimum atomic E-state index is -0.203. The van der Waals surface area contributed by atoms with Crippen LogP contribution in [0.2, 0.25) is 5.02 Å². The Morgan fingerprint density at radius 1 is 1.12 bits per heavy atom. The molecule has 0 saturated heterocycles. The van der Waals surface area contributed by atoms with Crippen LogP contribution in [-0.2, 0) is 6.42 Å². The van der Waals surface area contributed by atoms with Crippen molar-refractivity contribution < 1.29 is 17.2 Å². The standard InChI is InChI=1S/C20H26ClN3O.ClH/c1-4-24(5-2)17-10-11-19(15(3)14-17)23-20(25)22-13-12-16-8-6-7-9-18(16)21;/h6-11,14H,4-5,12-13H2,1-3H3,(H2,22,23,25);1H/p-1. The van der Waals surface area contributed by atoms with Gasteiger partial charge in [-0.15, -0.1) is 0 Å². The lowest BCUT2D eigenvalue weighted by molar-refractivity contribution is -0.00000830. The summed E-state index contributed by atoms with van der Waals surface area (Å²) in [5.74, 6) is 0. The summed E-state index contributed by atoms with van der Waals surface area (Å²) >= 11 is 6.12. The summed E-state index contributed by atoms with van der Waals surface area (Å²) in [4.78, 5) is 14.4. The van der Waals surface area contributed by atoms with Gasteiger partial charge in [0.2, 0.25) is 0 Å². The van der Waals surface area contributed by atoms with Crippen molar-refractivity contribution in [2.45, 2.75) is 27.2 Å². The van der Waals surface area contributed by atoms with Gasteiger partial charge in [-0.1, -0.05) is 29.8 Å². The lowest BCUT2D eigenvalue weighted by atomic mass is 10.1. The fourth-order valence-electron chi connectivity index (χ4n) is 2.75. The maximum atomic E-state index is 12.1. The molecule has 0 heterocycles. The Balaban J connectivity index is 0.00000338. The van der Waals surface area contributed by atoms with Crippen molar-refractivity contribution in [2.24, 2.45) is 0 Å². The number of nitrogens with one attached hydrogen (secondary N) is 2. The number of anilines is 2. The lowest BCUT2D eigenvalue weighted by Crippen LogP contribution is -3.00. The Kier molecular flexibility index (Phi) is 9.31. The number of rotatable bonds is 7. The lowest BCUT2D eigenvalue weighted by Gasteiger charge is -2.22. The van der Waals surface area contributed by atoms with Crippen LogP contribution in [0, 0.1) is 6.92 Å². The van der Waals surface area contributed by atoms with Gasteiger partial charge in [0.1, 0.15) is 0 Å². The quantitative estimate of drug-likeness (QED) is 0.752. The molecule has 2 aromatic rings. The van der Waals surface area contributed by atoms with Gasteiger partial charge in [-0.3, -0.25) is 0 Å². The highest BCUT2D eigenvalue weighted by atomic mass is 35.5. The molecule has 0 radical (unpaired) electrons. The number of hydrogen-bond acceptors (Lipinski definition) is 2. The minimum Gasteiger partial charge on any atom is -1.00 e. The summed E-state index contributed by atoms with van der Waals surface area (Å²) in [7, 11) is 0. The Morgan fingerprint density at radius 3 is 2.42 bits per heavy atom. The number of carbonyl (C=O) groups is 1. The molecule has 26 heavy (non-hydrogen) atoms. The molecule has 2 N–H and O–H groups in total. The number of amides is 2. The summed E-state index contributed by atoms with van der Waals surface area (Å²) in [6.45, 7) is 8.74. The largest absolute Gasteiger partial charge is 1.00 e. The molecule has 2 rings (SSSR count). The molecule has 0 atom stereocenters. The van der Waals surface area contributed by atoms with Crippen LogP contribution in [0.1, 0.15) is 25.0 Å². The van der Waals surface area contributed by atoms with Gasteiger partial charge in [-0.2, -0.15) is 0 Å². The van der Waals surface area contributed by atoms with Crippen molar-refractivity contribution in [3.63, 3.8) is 0 Å². The fraction of sp³-hybridized carbons (Fsp3) is 0.350. The van der Waals surface area contributed by atoms with E-state index in [1.54, 1.807) is 0 Å². The van der Waals surface area contributed by atoms with Crippen LogP contribution in [0.25, 0.3) is 0 Å². The number of benzene rings is 2. The average molecular weight is 395 g/mol. The predicted octanol–water partition coefficient (Wildman–Crippen LogP) is 1.86. The molecular weight excluding hydrogens is 369 g/mol. The molecule has 0 aliphatic heterocycles. The number of halogens is 2. The minimum absolute atomic E-state index is 0. The number of hydrogen-bond donors (Lipinski definition) is 2. The van der Waals surface area contributed by atoms with E-state index in [1.165, 1.54) is 5.69 Å². The van der Waals surface area contributed by atoms with Crippen molar-refractivity contribution in [2.75, 3.05) is 29.9 Å². The van der Waals surface area contributed by atoms with Crippen molar-refractivity contribution in [3.05, 3.63) is 58.6 Å². The molecule has 0 unspecified atom stereocenters. The predicted molar refractivity (Wildman–Crippen MR) is 107 cm³/mol. The highest BCUT2D eigenvalue weighted by Crippen LogP contribution is 2.22. The van der Waals surface area contributed by atoms with Crippen LogP contribution in [-0.4, -0.2) is 25.7 Å². The summed E-state index contributed by atoms with van der Waals surface area (Å²) in [5, 5.41) is 6.52. The Hall–Kier alpha value is -1.91. The van der Waals surface area contributed by atoms with Crippen molar-refractivity contribution >= 4 is 29.0 Å². The topological polar surface area (TPSA) is 44.4 Å². The molecule has 2 amide bonds. The van der Waals surface area contributed by atoms with Gasteiger partial charge in [0, 0.05) is 36.0 Å². The van der Waals surface area contributed by atoms with Crippen LogP contribution in [0.5, 0.6) is 0 Å². The van der Waals surface area contributed by atoms with Gasteiger partial charge < -0.3 is 27.9 Å². The Morgan fingerprint density at radius 2 is 1.81 bits per heavy atom. The highest BCUT2D eigenvalue weighted by molar-refractivity contribution is 6.31. The first-order valence-electron chi connectivity index (χ1n) is 8.69. The second-order valence-electron chi connectivity index (χ2n) is 5.89. The smallest absolute Gasteiger partial charge is 0.319 e. The Bertz CT molecular complexity index is 718. The summed E-state index contributed by atoms with van der Waals surface area (Å²) in [5.41, 5.74) is 4.08. The fourth-order valence-corrected chi connectivity index (χ4v) is 2.98. The number of aryl methyl sites for hydroxylation is 1. The van der Waals surface area contributed by atoms with E-state index in [0.717, 1.165) is 34.9 Å². The van der Waals surface area contributed by atoms with E-state index in [1.807, 2.05) is 43.3 Å². The molecule has 0 spiro atoms. The van der Waals surface area contributed by atoms with E-state index in [9.17, 15) is 4.79 Å². The third kappa shape index (κ3) is 6.11. The van der Waals surface area contributed by atoms with Gasteiger partial charge in [0.05, 0.1) is 0 Å². The maximum absolute atomic E-state index is 12.1. The van der Waals surface area contributed by atoms with Crippen LogP contribution in [0.3, 0.4) is 0 Å². The summed E-state index contributed by atoms with van der Waals surface area (Å²) in [6, 6.07) is 13.6. The van der Waals surface area contributed by atoms with E-state index >= 15 is 0 Å². The summed E-state index contributed by atoms with van der Waals surface area (Å²) < 4.78 is 0. The van der Waals surface area contributed by atoms with E-state index in [2.05, 4.69) is 35.4 Å². The van der Waals surface area contributed by atoms with Gasteiger partial charge in [-0.05, 0) is 62.6 Å². The number of carbonyl (C=O) groups excluding carboxylic acids is 1. The first-order chi connectivity index (χ1) is 12.0. The van der Waals surface area contributed by atoms with E-state index < -0.39 is 0 Å². The molecule has 0 saturated carbocycles. The van der Waals surface area contributed by atoms with E-state index in [0.29, 0.717) is 13.0 Å². The molecule has 0 aliphatic carbocycles. The highest BCUT2D eigenvalue weighted by Gasteiger charge is 2.08. The van der Waals surface area contributed by atoms with Crippen LogP contribution >= 0.6 is 11.6 Å². The maximum Gasteiger partial charge on any atom is 0.319 e. The van der Waals surface area contributed by atoms with Crippen LogP contribution in [0.15, 0.2) is 42.5 Å². The second kappa shape index (κ2) is 10.9. The average Bonchev–Trinajstić information content (AvgIpc) is 2.60. The van der Waals surface area contributed by atoms with Gasteiger partial charge in [0.15, 0.2) is 0 Å². The van der Waals surface area contributed by atoms with Gasteiger partial charge in [-0.25, -0.2) is 4.79 Å². The molecule has 0 fully saturated rings. The summed E-state index contributed by atoms with van der Waals surface area (Å²) in [6.07, 6.45) is 0.701. The first-order valence-corrected chi connectivity index (χ1v) is 9.06. The molecule has 4 nitrogen and oxygen atoms in total. The zero-order valence-electron chi connectivity index (χ0n) is 15.5. The third-order valence-electron chi connectivity index (χ3n) is 4.22. The molecule has 142 valence electrons. The Labute approximate surface area is 167 Å². The zero-order chi connectivity index (χ0) is 18.2. The molecule has 6 heteroatoms. The van der Waals surface area contributed by atoms with E-state index in [-0.39, 0.29) is 18.4 Å². The molecule has 0 bridgehead atoms. The number of urea groups is 1. The first kappa shape index (κ1) is 22.1. The molecular formula is C20H26Cl2N3O-. The van der Waals surface area contributed by atoms with Crippen molar-refractivity contribution in [1.82, 2.24) is 5.32 Å². The molecule has 0 aliphatic rings. The van der Waals surface area contributed by atoms with Crippen molar-refractivity contribution in [3.8, 4) is 0 Å². The SMILES string of the molecule is CCN(CC)c1ccc(NC(=O)NCCc2ccccc2Cl)c(C)c1.[Cl-]. The van der Waals surface area contributed by atoms with Gasteiger partial charge in [0.25, 0.3) is 0 Å². The monoisotopic (exact) mass is 394 g/mol.